The highest BCUT2D eigenvalue weighted by molar-refractivity contribution is 6.31. The molecule has 106 valence electrons. The van der Waals surface area contributed by atoms with Gasteiger partial charge in [-0.3, -0.25) is 4.98 Å². The molecule has 0 saturated carbocycles. The summed E-state index contributed by atoms with van der Waals surface area (Å²) in [4.78, 5) is 8.60. The summed E-state index contributed by atoms with van der Waals surface area (Å²) in [5, 5.41) is 3.92. The highest BCUT2D eigenvalue weighted by Gasteiger charge is 2.01. The predicted octanol–water partition coefficient (Wildman–Crippen LogP) is 3.84. The smallest absolute Gasteiger partial charge is 0.144 e. The third-order valence-electron chi connectivity index (χ3n) is 2.78. The van der Waals surface area contributed by atoms with E-state index in [1.807, 2.05) is 25.1 Å². The van der Waals surface area contributed by atoms with Crippen LogP contribution in [0.15, 0.2) is 30.6 Å². The van der Waals surface area contributed by atoms with E-state index in [1.165, 1.54) is 0 Å². The summed E-state index contributed by atoms with van der Waals surface area (Å²) < 4.78 is 5.67. The van der Waals surface area contributed by atoms with E-state index < -0.39 is 0 Å². The summed E-state index contributed by atoms with van der Waals surface area (Å²) in [6.07, 6.45) is 4.50. The normalized spacial score (nSPS) is 10.3. The van der Waals surface area contributed by atoms with Crippen molar-refractivity contribution in [1.82, 2.24) is 9.97 Å². The maximum atomic E-state index is 5.97. The molecule has 1 heterocycles. The van der Waals surface area contributed by atoms with Gasteiger partial charge in [-0.1, -0.05) is 18.5 Å². The van der Waals surface area contributed by atoms with Crippen molar-refractivity contribution in [1.29, 1.82) is 0 Å². The van der Waals surface area contributed by atoms with Crippen LogP contribution in [0.1, 0.15) is 24.6 Å². The molecule has 0 bridgehead atoms. The molecule has 4 nitrogen and oxygen atoms in total. The number of hydrogen-bond donors (Lipinski definition) is 1. The van der Waals surface area contributed by atoms with Gasteiger partial charge in [0.15, 0.2) is 0 Å². The SMILES string of the molecule is CCCNc1cnc(COc2ccc(Cl)c(C)c2)cn1. The van der Waals surface area contributed by atoms with Crippen LogP contribution in [-0.2, 0) is 6.61 Å². The van der Waals surface area contributed by atoms with Crippen molar-refractivity contribution in [2.24, 2.45) is 0 Å². The Kier molecular flexibility index (Phi) is 5.18. The Morgan fingerprint density at radius 3 is 2.75 bits per heavy atom. The molecule has 0 aliphatic heterocycles. The van der Waals surface area contributed by atoms with E-state index in [-0.39, 0.29) is 0 Å². The van der Waals surface area contributed by atoms with Crippen LogP contribution in [0.5, 0.6) is 5.75 Å². The molecule has 0 unspecified atom stereocenters. The Balaban J connectivity index is 1.91. The number of nitrogens with zero attached hydrogens (tertiary/aromatic N) is 2. The Hall–Kier alpha value is -1.81. The van der Waals surface area contributed by atoms with E-state index >= 15 is 0 Å². The lowest BCUT2D eigenvalue weighted by Crippen LogP contribution is -2.04. The lowest BCUT2D eigenvalue weighted by Gasteiger charge is -2.08. The fourth-order valence-electron chi connectivity index (χ4n) is 1.64. The summed E-state index contributed by atoms with van der Waals surface area (Å²) >= 11 is 5.97. The molecule has 20 heavy (non-hydrogen) atoms. The molecule has 0 amide bonds. The van der Waals surface area contributed by atoms with Crippen molar-refractivity contribution in [3.63, 3.8) is 0 Å². The van der Waals surface area contributed by atoms with E-state index in [0.29, 0.717) is 6.61 Å². The van der Waals surface area contributed by atoms with Gasteiger partial charge >= 0.3 is 0 Å². The van der Waals surface area contributed by atoms with Crippen molar-refractivity contribution >= 4 is 17.4 Å². The van der Waals surface area contributed by atoms with Crippen LogP contribution in [0.25, 0.3) is 0 Å². The Bertz CT molecular complexity index is 558. The molecule has 1 N–H and O–H groups in total. The topological polar surface area (TPSA) is 47.0 Å². The fraction of sp³-hybridized carbons (Fsp3) is 0.333. The number of nitrogens with one attached hydrogen (secondary N) is 1. The van der Waals surface area contributed by atoms with Crippen molar-refractivity contribution in [2.45, 2.75) is 26.9 Å². The Labute approximate surface area is 124 Å². The number of ether oxygens (including phenoxy) is 1. The summed E-state index contributed by atoms with van der Waals surface area (Å²) in [6.45, 7) is 5.34. The largest absolute Gasteiger partial charge is 0.487 e. The molecule has 2 aromatic rings. The lowest BCUT2D eigenvalue weighted by molar-refractivity contribution is 0.300. The number of hydrogen-bond acceptors (Lipinski definition) is 4. The number of aromatic nitrogens is 2. The van der Waals surface area contributed by atoms with Gasteiger partial charge in [0.05, 0.1) is 18.1 Å². The fourth-order valence-corrected chi connectivity index (χ4v) is 1.76. The zero-order valence-electron chi connectivity index (χ0n) is 11.7. The Morgan fingerprint density at radius 2 is 2.10 bits per heavy atom. The molecule has 1 aromatic heterocycles. The summed E-state index contributed by atoms with van der Waals surface area (Å²) in [5.74, 6) is 1.57. The molecule has 5 heteroatoms. The third kappa shape index (κ3) is 4.10. The van der Waals surface area contributed by atoms with E-state index in [9.17, 15) is 0 Å². The standard InChI is InChI=1S/C15H18ClN3O/c1-3-6-17-15-9-18-12(8-19-15)10-20-13-4-5-14(16)11(2)7-13/h4-5,7-9H,3,6,10H2,1-2H3,(H,17,19). The number of rotatable bonds is 6. The minimum Gasteiger partial charge on any atom is -0.487 e. The zero-order chi connectivity index (χ0) is 14.4. The van der Waals surface area contributed by atoms with Crippen molar-refractivity contribution in [2.75, 3.05) is 11.9 Å². The van der Waals surface area contributed by atoms with Gasteiger partial charge in [0.1, 0.15) is 18.2 Å². The molecular weight excluding hydrogens is 274 g/mol. The number of aryl methyl sites for hydroxylation is 1. The predicted molar refractivity (Wildman–Crippen MR) is 81.3 cm³/mol. The first kappa shape index (κ1) is 14.6. The van der Waals surface area contributed by atoms with Crippen molar-refractivity contribution in [3.05, 3.63) is 46.9 Å². The molecule has 0 spiro atoms. The molecular formula is C15H18ClN3O. The lowest BCUT2D eigenvalue weighted by atomic mass is 10.2. The van der Waals surface area contributed by atoms with Crippen molar-refractivity contribution in [3.8, 4) is 5.75 Å². The number of benzene rings is 1. The first-order chi connectivity index (χ1) is 9.69. The van der Waals surface area contributed by atoms with Crippen LogP contribution >= 0.6 is 11.6 Å². The molecule has 0 radical (unpaired) electrons. The number of halogens is 1. The van der Waals surface area contributed by atoms with Gasteiger partial charge in [0.2, 0.25) is 0 Å². The summed E-state index contributed by atoms with van der Waals surface area (Å²) in [6, 6.07) is 5.59. The van der Waals surface area contributed by atoms with Gasteiger partial charge in [0.25, 0.3) is 0 Å². The quantitative estimate of drug-likeness (QED) is 0.878. The molecule has 0 atom stereocenters. The van der Waals surface area contributed by atoms with Crippen LogP contribution in [0.4, 0.5) is 5.82 Å². The molecule has 0 aliphatic carbocycles. The van der Waals surface area contributed by atoms with Crippen LogP contribution in [-0.4, -0.2) is 16.5 Å². The molecule has 1 aromatic carbocycles. The average molecular weight is 292 g/mol. The highest BCUT2D eigenvalue weighted by atomic mass is 35.5. The van der Waals surface area contributed by atoms with Crippen LogP contribution in [0, 0.1) is 6.92 Å². The molecule has 0 fully saturated rings. The second-order valence-corrected chi connectivity index (χ2v) is 4.93. The van der Waals surface area contributed by atoms with Crippen LogP contribution < -0.4 is 10.1 Å². The minimum atomic E-state index is 0.391. The van der Waals surface area contributed by atoms with E-state index in [0.717, 1.165) is 40.8 Å². The first-order valence-electron chi connectivity index (χ1n) is 6.62. The maximum absolute atomic E-state index is 5.97. The first-order valence-corrected chi connectivity index (χ1v) is 7.00. The number of anilines is 1. The van der Waals surface area contributed by atoms with E-state index in [4.69, 9.17) is 16.3 Å². The van der Waals surface area contributed by atoms with E-state index in [2.05, 4.69) is 22.2 Å². The summed E-state index contributed by atoms with van der Waals surface area (Å²) in [5.41, 5.74) is 1.79. The molecule has 0 aliphatic rings. The average Bonchev–Trinajstić information content (AvgIpc) is 2.47. The second kappa shape index (κ2) is 7.10. The van der Waals surface area contributed by atoms with Gasteiger partial charge < -0.3 is 10.1 Å². The van der Waals surface area contributed by atoms with Gasteiger partial charge in [0, 0.05) is 11.6 Å². The van der Waals surface area contributed by atoms with Gasteiger partial charge in [-0.2, -0.15) is 0 Å². The highest BCUT2D eigenvalue weighted by Crippen LogP contribution is 2.21. The van der Waals surface area contributed by atoms with Crippen LogP contribution in [0.3, 0.4) is 0 Å². The minimum absolute atomic E-state index is 0.391. The van der Waals surface area contributed by atoms with E-state index in [1.54, 1.807) is 12.4 Å². The Morgan fingerprint density at radius 1 is 1.25 bits per heavy atom. The van der Waals surface area contributed by atoms with Gasteiger partial charge in [-0.15, -0.1) is 0 Å². The second-order valence-electron chi connectivity index (χ2n) is 4.52. The van der Waals surface area contributed by atoms with Gasteiger partial charge in [-0.05, 0) is 37.1 Å². The van der Waals surface area contributed by atoms with Crippen molar-refractivity contribution < 1.29 is 4.74 Å². The molecule has 2 rings (SSSR count). The van der Waals surface area contributed by atoms with Crippen LogP contribution in [0.2, 0.25) is 5.02 Å². The summed E-state index contributed by atoms with van der Waals surface area (Å²) in [7, 11) is 0. The zero-order valence-corrected chi connectivity index (χ0v) is 12.4. The molecule has 0 saturated heterocycles. The monoisotopic (exact) mass is 291 g/mol. The maximum Gasteiger partial charge on any atom is 0.144 e. The van der Waals surface area contributed by atoms with Gasteiger partial charge in [-0.25, -0.2) is 4.98 Å². The third-order valence-corrected chi connectivity index (χ3v) is 3.20.